The van der Waals surface area contributed by atoms with Crippen LogP contribution in [0.25, 0.3) is 5.69 Å². The Labute approximate surface area is 153 Å². The molecule has 3 rings (SSSR count). The lowest BCUT2D eigenvalue weighted by molar-refractivity contribution is 0.102. The minimum atomic E-state index is 0.249. The molecule has 2 aromatic rings. The molecule has 1 aromatic carbocycles. The summed E-state index contributed by atoms with van der Waals surface area (Å²) >= 11 is 7.83. The van der Waals surface area contributed by atoms with Crippen molar-refractivity contribution >= 4 is 29.1 Å². The lowest BCUT2D eigenvalue weighted by Gasteiger charge is -2.20. The number of hydrogen-bond acceptors (Lipinski definition) is 2. The maximum atomic E-state index is 12.7. The summed E-state index contributed by atoms with van der Waals surface area (Å²) in [6, 6.07) is 9.78. The first-order chi connectivity index (χ1) is 11.6. The first kappa shape index (κ1) is 17.6. The highest BCUT2D eigenvalue weighted by molar-refractivity contribution is 8.00. The summed E-state index contributed by atoms with van der Waals surface area (Å²) < 4.78 is 2.13. The highest BCUT2D eigenvalue weighted by Gasteiger charge is 2.19. The smallest absolute Gasteiger partial charge is 0.174 e. The maximum Gasteiger partial charge on any atom is 0.174 e. The van der Waals surface area contributed by atoms with E-state index in [-0.39, 0.29) is 5.78 Å². The fraction of sp³-hybridized carbons (Fsp3) is 0.450. The van der Waals surface area contributed by atoms with Crippen molar-refractivity contribution in [2.75, 3.05) is 5.75 Å². The van der Waals surface area contributed by atoms with Crippen molar-refractivity contribution in [1.29, 1.82) is 0 Å². The van der Waals surface area contributed by atoms with Crippen LogP contribution in [-0.2, 0) is 0 Å². The average Bonchev–Trinajstić information content (AvgIpc) is 2.89. The molecule has 1 aliphatic rings. The molecule has 4 heteroatoms. The van der Waals surface area contributed by atoms with Crippen molar-refractivity contribution in [2.45, 2.75) is 51.2 Å². The lowest BCUT2D eigenvalue weighted by atomic mass is 10.0. The number of carbonyl (C=O) groups excluding carboxylic acids is 1. The fourth-order valence-electron chi connectivity index (χ4n) is 3.54. The van der Waals surface area contributed by atoms with Crippen LogP contribution in [0.15, 0.2) is 30.3 Å². The Hall–Kier alpha value is -1.19. The third kappa shape index (κ3) is 3.89. The molecule has 0 radical (unpaired) electrons. The molecular weight excluding hydrogens is 338 g/mol. The minimum absolute atomic E-state index is 0.249. The Balaban J connectivity index is 1.75. The van der Waals surface area contributed by atoms with Gasteiger partial charge in [-0.1, -0.05) is 30.9 Å². The van der Waals surface area contributed by atoms with Crippen LogP contribution >= 0.6 is 23.4 Å². The van der Waals surface area contributed by atoms with E-state index < -0.39 is 0 Å². The number of thioether (sulfide) groups is 1. The number of benzene rings is 1. The van der Waals surface area contributed by atoms with E-state index in [0.717, 1.165) is 27.7 Å². The molecule has 0 aliphatic heterocycles. The van der Waals surface area contributed by atoms with Crippen molar-refractivity contribution in [3.8, 4) is 5.69 Å². The number of hydrogen-bond donors (Lipinski definition) is 0. The molecule has 0 unspecified atom stereocenters. The Kier molecular flexibility index (Phi) is 5.72. The number of ketones is 1. The zero-order valence-corrected chi connectivity index (χ0v) is 15.9. The predicted octanol–water partition coefficient (Wildman–Crippen LogP) is 6.00. The van der Waals surface area contributed by atoms with Crippen molar-refractivity contribution in [3.63, 3.8) is 0 Å². The first-order valence-corrected chi connectivity index (χ1v) is 10.1. The van der Waals surface area contributed by atoms with Crippen molar-refractivity contribution < 1.29 is 4.79 Å². The largest absolute Gasteiger partial charge is 0.318 e. The summed E-state index contributed by atoms with van der Waals surface area (Å²) in [4.78, 5) is 12.7. The molecule has 0 bridgehead atoms. The van der Waals surface area contributed by atoms with Crippen LogP contribution in [-0.4, -0.2) is 21.4 Å². The molecule has 0 saturated heterocycles. The van der Waals surface area contributed by atoms with Crippen LogP contribution in [0.5, 0.6) is 0 Å². The van der Waals surface area contributed by atoms with Gasteiger partial charge in [-0.15, -0.1) is 0 Å². The minimum Gasteiger partial charge on any atom is -0.318 e. The molecular formula is C20H24ClNOS. The summed E-state index contributed by atoms with van der Waals surface area (Å²) in [5.74, 6) is 0.842. The highest BCUT2D eigenvalue weighted by Crippen LogP contribution is 2.29. The molecule has 1 aromatic heterocycles. The van der Waals surface area contributed by atoms with E-state index in [9.17, 15) is 4.79 Å². The number of nitrogens with zero attached hydrogens (tertiary/aromatic N) is 1. The summed E-state index contributed by atoms with van der Waals surface area (Å²) in [7, 11) is 0. The fourth-order valence-corrected chi connectivity index (χ4v) is 4.87. The van der Waals surface area contributed by atoms with Gasteiger partial charge in [0.15, 0.2) is 5.78 Å². The monoisotopic (exact) mass is 361 g/mol. The van der Waals surface area contributed by atoms with Crippen LogP contribution in [0.3, 0.4) is 0 Å². The quantitative estimate of drug-likeness (QED) is 0.609. The van der Waals surface area contributed by atoms with Gasteiger partial charge in [0.1, 0.15) is 0 Å². The number of Topliss-reactive ketones (excluding diaryl/α,β-unsaturated/α-hetero) is 1. The second kappa shape index (κ2) is 7.79. The number of aryl methyl sites for hydroxylation is 1. The highest BCUT2D eigenvalue weighted by atomic mass is 35.5. The van der Waals surface area contributed by atoms with Gasteiger partial charge >= 0.3 is 0 Å². The van der Waals surface area contributed by atoms with Gasteiger partial charge < -0.3 is 4.57 Å². The van der Waals surface area contributed by atoms with E-state index in [1.165, 1.54) is 32.1 Å². The molecule has 1 aliphatic carbocycles. The summed E-state index contributed by atoms with van der Waals surface area (Å²) in [5.41, 5.74) is 4.00. The Morgan fingerprint density at radius 1 is 1.17 bits per heavy atom. The zero-order chi connectivity index (χ0) is 17.1. The van der Waals surface area contributed by atoms with E-state index in [1.807, 2.05) is 55.9 Å². The molecule has 0 atom stereocenters. The standard InChI is InChI=1S/C20H24ClNOS/c1-14-12-19(20(23)13-24-18-6-4-3-5-7-18)15(2)22(14)17-10-8-16(21)9-11-17/h8-12,18H,3-7,13H2,1-2H3. The van der Waals surface area contributed by atoms with E-state index >= 15 is 0 Å². The molecule has 0 amide bonds. The summed E-state index contributed by atoms with van der Waals surface area (Å²) in [6.45, 7) is 4.08. The van der Waals surface area contributed by atoms with E-state index in [1.54, 1.807) is 0 Å². The molecule has 24 heavy (non-hydrogen) atoms. The Morgan fingerprint density at radius 2 is 1.83 bits per heavy atom. The third-order valence-electron chi connectivity index (χ3n) is 4.82. The first-order valence-electron chi connectivity index (χ1n) is 8.66. The number of halogens is 1. The van der Waals surface area contributed by atoms with Crippen LogP contribution in [0.4, 0.5) is 0 Å². The molecule has 0 spiro atoms. The van der Waals surface area contributed by atoms with Gasteiger partial charge in [-0.05, 0) is 57.0 Å². The second-order valence-electron chi connectivity index (χ2n) is 6.59. The van der Waals surface area contributed by atoms with Crippen molar-refractivity contribution in [2.24, 2.45) is 0 Å². The van der Waals surface area contributed by atoms with E-state index in [2.05, 4.69) is 4.57 Å². The van der Waals surface area contributed by atoms with E-state index in [4.69, 9.17) is 11.6 Å². The molecule has 128 valence electrons. The van der Waals surface area contributed by atoms with Crippen LogP contribution in [0, 0.1) is 13.8 Å². The topological polar surface area (TPSA) is 22.0 Å². The normalized spacial score (nSPS) is 15.6. The molecule has 2 nitrogen and oxygen atoms in total. The number of rotatable bonds is 5. The zero-order valence-electron chi connectivity index (χ0n) is 14.3. The Bertz CT molecular complexity index is 714. The average molecular weight is 362 g/mol. The van der Waals surface area contributed by atoms with Gasteiger partial charge in [0.05, 0.1) is 5.75 Å². The van der Waals surface area contributed by atoms with Crippen molar-refractivity contribution in [3.05, 3.63) is 52.3 Å². The van der Waals surface area contributed by atoms with Gasteiger partial charge in [0, 0.05) is 32.9 Å². The van der Waals surface area contributed by atoms with Gasteiger partial charge in [0.2, 0.25) is 0 Å². The van der Waals surface area contributed by atoms with Crippen LogP contribution in [0.1, 0.15) is 53.8 Å². The van der Waals surface area contributed by atoms with Crippen LogP contribution < -0.4 is 0 Å². The van der Waals surface area contributed by atoms with Gasteiger partial charge in [0.25, 0.3) is 0 Å². The van der Waals surface area contributed by atoms with Crippen molar-refractivity contribution in [1.82, 2.24) is 4.57 Å². The third-order valence-corrected chi connectivity index (χ3v) is 6.44. The molecule has 0 N–H and O–H groups in total. The van der Waals surface area contributed by atoms with Crippen LogP contribution in [0.2, 0.25) is 5.02 Å². The second-order valence-corrected chi connectivity index (χ2v) is 8.32. The number of carbonyl (C=O) groups is 1. The SMILES string of the molecule is Cc1cc(C(=O)CSC2CCCCC2)c(C)n1-c1ccc(Cl)cc1. The lowest BCUT2D eigenvalue weighted by Crippen LogP contribution is -2.12. The molecule has 1 heterocycles. The summed E-state index contributed by atoms with van der Waals surface area (Å²) in [5, 5.41) is 1.39. The predicted molar refractivity (Wildman–Crippen MR) is 104 cm³/mol. The molecule has 1 fully saturated rings. The molecule has 1 saturated carbocycles. The van der Waals surface area contributed by atoms with Gasteiger partial charge in [-0.2, -0.15) is 11.8 Å². The van der Waals surface area contributed by atoms with Gasteiger partial charge in [-0.25, -0.2) is 0 Å². The maximum absolute atomic E-state index is 12.7. The van der Waals surface area contributed by atoms with Gasteiger partial charge in [-0.3, -0.25) is 4.79 Å². The summed E-state index contributed by atoms with van der Waals surface area (Å²) in [6.07, 6.45) is 6.52. The van der Waals surface area contributed by atoms with E-state index in [0.29, 0.717) is 11.0 Å². The Morgan fingerprint density at radius 3 is 2.50 bits per heavy atom. The number of aromatic nitrogens is 1.